The van der Waals surface area contributed by atoms with Gasteiger partial charge in [-0.05, 0) is 44.0 Å². The van der Waals surface area contributed by atoms with Crippen molar-refractivity contribution >= 4 is 23.6 Å². The van der Waals surface area contributed by atoms with E-state index in [1.54, 1.807) is 0 Å². The van der Waals surface area contributed by atoms with E-state index in [1.165, 1.54) is 11.5 Å². The second-order valence-electron chi connectivity index (χ2n) is 6.96. The lowest BCUT2D eigenvalue weighted by Crippen LogP contribution is -2.14. The van der Waals surface area contributed by atoms with Crippen LogP contribution < -0.4 is 4.74 Å². The normalized spacial score (nSPS) is 12.0. The van der Waals surface area contributed by atoms with Crippen LogP contribution in [0.5, 0.6) is 10.9 Å². The van der Waals surface area contributed by atoms with Crippen molar-refractivity contribution in [3.63, 3.8) is 0 Å². The van der Waals surface area contributed by atoms with Gasteiger partial charge in [0.2, 0.25) is 0 Å². The van der Waals surface area contributed by atoms with Gasteiger partial charge in [-0.25, -0.2) is 4.99 Å². The molecule has 0 aliphatic rings. The van der Waals surface area contributed by atoms with Gasteiger partial charge in [-0.3, -0.25) is 0 Å². The highest BCUT2D eigenvalue weighted by Crippen LogP contribution is 2.33. The van der Waals surface area contributed by atoms with Crippen molar-refractivity contribution < 1.29 is 4.74 Å². The first-order valence-electron chi connectivity index (χ1n) is 8.08. The predicted octanol–water partition coefficient (Wildman–Crippen LogP) is 4.86. The van der Waals surface area contributed by atoms with Crippen LogP contribution in [0.4, 0.5) is 5.69 Å². The summed E-state index contributed by atoms with van der Waals surface area (Å²) in [6, 6.07) is 4.04. The Morgan fingerprint density at radius 2 is 1.96 bits per heavy atom. The minimum absolute atomic E-state index is 0.0764. The summed E-state index contributed by atoms with van der Waals surface area (Å²) in [5.41, 5.74) is 2.97. The van der Waals surface area contributed by atoms with Crippen LogP contribution in [0.25, 0.3) is 0 Å². The minimum atomic E-state index is -0.0764. The van der Waals surface area contributed by atoms with Crippen molar-refractivity contribution in [1.82, 2.24) is 14.3 Å². The fraction of sp³-hybridized carbons (Fsp3) is 0.500. The average Bonchev–Trinajstić information content (AvgIpc) is 2.97. The lowest BCUT2D eigenvalue weighted by molar-refractivity contribution is 0.464. The van der Waals surface area contributed by atoms with E-state index in [4.69, 9.17) is 4.74 Å². The Kier molecular flexibility index (Phi) is 5.59. The molecular formula is C18H26N4OS. The predicted molar refractivity (Wildman–Crippen MR) is 101 cm³/mol. The van der Waals surface area contributed by atoms with E-state index >= 15 is 0 Å². The van der Waals surface area contributed by atoms with E-state index in [1.807, 2.05) is 44.3 Å². The zero-order chi connectivity index (χ0) is 17.9. The van der Waals surface area contributed by atoms with Crippen molar-refractivity contribution in [3.8, 4) is 10.9 Å². The highest BCUT2D eigenvalue weighted by molar-refractivity contribution is 7.07. The van der Waals surface area contributed by atoms with Crippen LogP contribution in [0, 0.1) is 13.8 Å². The van der Waals surface area contributed by atoms with Gasteiger partial charge < -0.3 is 9.64 Å². The molecule has 130 valence electrons. The SMILES string of the molecule is CCN(C)/C=N\c1cc(C)c(Oc2nc(C(C)(C)C)ns2)cc1C. The van der Waals surface area contributed by atoms with Crippen molar-refractivity contribution in [2.24, 2.45) is 4.99 Å². The number of rotatable bonds is 5. The molecule has 0 saturated carbocycles. The molecule has 1 aromatic heterocycles. The van der Waals surface area contributed by atoms with Gasteiger partial charge in [-0.15, -0.1) is 0 Å². The number of benzene rings is 1. The van der Waals surface area contributed by atoms with Crippen LogP contribution in [0.15, 0.2) is 17.1 Å². The number of aromatic nitrogens is 2. The lowest BCUT2D eigenvalue weighted by Gasteiger charge is -2.12. The summed E-state index contributed by atoms with van der Waals surface area (Å²) in [6.07, 6.45) is 1.85. The lowest BCUT2D eigenvalue weighted by atomic mass is 9.96. The molecule has 0 spiro atoms. The maximum absolute atomic E-state index is 5.95. The van der Waals surface area contributed by atoms with Crippen molar-refractivity contribution in [2.75, 3.05) is 13.6 Å². The summed E-state index contributed by atoms with van der Waals surface area (Å²) in [5.74, 6) is 1.60. The van der Waals surface area contributed by atoms with Crippen LogP contribution in [0.3, 0.4) is 0 Å². The largest absolute Gasteiger partial charge is 0.430 e. The average molecular weight is 347 g/mol. The first-order valence-corrected chi connectivity index (χ1v) is 8.85. The highest BCUT2D eigenvalue weighted by atomic mass is 32.1. The first kappa shape index (κ1) is 18.4. The van der Waals surface area contributed by atoms with E-state index in [-0.39, 0.29) is 5.41 Å². The Bertz CT molecular complexity index is 731. The Morgan fingerprint density at radius 1 is 1.25 bits per heavy atom. The molecule has 0 radical (unpaired) electrons. The van der Waals surface area contributed by atoms with Gasteiger partial charge in [0.1, 0.15) is 5.75 Å². The number of hydrogen-bond acceptors (Lipinski definition) is 5. The molecule has 0 bridgehead atoms. The molecule has 0 atom stereocenters. The zero-order valence-corrected chi connectivity index (χ0v) is 16.4. The van der Waals surface area contributed by atoms with Crippen LogP contribution >= 0.6 is 11.5 Å². The Balaban J connectivity index is 2.22. The van der Waals surface area contributed by atoms with E-state index < -0.39 is 0 Å². The smallest absolute Gasteiger partial charge is 0.298 e. The van der Waals surface area contributed by atoms with Crippen molar-refractivity contribution in [3.05, 3.63) is 29.1 Å². The summed E-state index contributed by atoms with van der Waals surface area (Å²) in [5, 5.41) is 0.574. The third-order valence-electron chi connectivity index (χ3n) is 3.66. The van der Waals surface area contributed by atoms with E-state index in [2.05, 4.69) is 42.0 Å². The monoisotopic (exact) mass is 346 g/mol. The van der Waals surface area contributed by atoms with Crippen molar-refractivity contribution in [2.45, 2.75) is 47.0 Å². The number of hydrogen-bond donors (Lipinski definition) is 0. The fourth-order valence-electron chi connectivity index (χ4n) is 1.92. The molecule has 1 heterocycles. The molecule has 2 aromatic rings. The standard InChI is InChI=1S/C18H26N4OS/c1-8-22(7)11-19-14-9-13(3)15(10-12(14)2)23-17-20-16(21-24-17)18(4,5)6/h9-11H,8H2,1-7H3/b19-11-. The molecule has 5 nitrogen and oxygen atoms in total. The van der Waals surface area contributed by atoms with Gasteiger partial charge in [0.05, 0.1) is 12.0 Å². The van der Waals surface area contributed by atoms with Crippen LogP contribution in [-0.2, 0) is 5.41 Å². The van der Waals surface area contributed by atoms with E-state index in [9.17, 15) is 0 Å². The second kappa shape index (κ2) is 7.30. The molecule has 0 unspecified atom stereocenters. The summed E-state index contributed by atoms with van der Waals surface area (Å²) in [7, 11) is 2.01. The van der Waals surface area contributed by atoms with E-state index in [0.717, 1.165) is 34.9 Å². The Hall–Kier alpha value is -1.95. The summed E-state index contributed by atoms with van der Waals surface area (Å²) < 4.78 is 10.3. The number of ether oxygens (including phenoxy) is 1. The van der Waals surface area contributed by atoms with Crippen LogP contribution in [0.2, 0.25) is 0 Å². The van der Waals surface area contributed by atoms with Crippen molar-refractivity contribution in [1.29, 1.82) is 0 Å². The van der Waals surface area contributed by atoms with Gasteiger partial charge in [0, 0.05) is 30.5 Å². The molecule has 0 amide bonds. The molecule has 24 heavy (non-hydrogen) atoms. The van der Waals surface area contributed by atoms with Gasteiger partial charge in [-0.2, -0.15) is 9.36 Å². The maximum Gasteiger partial charge on any atom is 0.298 e. The quantitative estimate of drug-likeness (QED) is 0.573. The van der Waals surface area contributed by atoms with Gasteiger partial charge in [0.25, 0.3) is 5.19 Å². The van der Waals surface area contributed by atoms with Crippen LogP contribution in [0.1, 0.15) is 44.6 Å². The summed E-state index contributed by atoms with van der Waals surface area (Å²) >= 11 is 1.29. The highest BCUT2D eigenvalue weighted by Gasteiger charge is 2.20. The molecule has 0 aliphatic carbocycles. The topological polar surface area (TPSA) is 50.6 Å². The zero-order valence-electron chi connectivity index (χ0n) is 15.5. The third kappa shape index (κ3) is 4.54. The molecule has 0 saturated heterocycles. The van der Waals surface area contributed by atoms with Crippen LogP contribution in [-0.4, -0.2) is 34.2 Å². The third-order valence-corrected chi connectivity index (χ3v) is 4.26. The van der Waals surface area contributed by atoms with Gasteiger partial charge in [0.15, 0.2) is 5.82 Å². The van der Waals surface area contributed by atoms with Gasteiger partial charge >= 0.3 is 0 Å². The summed E-state index contributed by atoms with van der Waals surface area (Å²) in [6.45, 7) is 13.3. The summed E-state index contributed by atoms with van der Waals surface area (Å²) in [4.78, 5) is 11.1. The molecule has 1 aromatic carbocycles. The number of nitrogens with zero attached hydrogens (tertiary/aromatic N) is 4. The maximum atomic E-state index is 5.95. The molecule has 6 heteroatoms. The fourth-order valence-corrected chi connectivity index (χ4v) is 2.65. The number of aryl methyl sites for hydroxylation is 2. The second-order valence-corrected chi connectivity index (χ2v) is 7.67. The molecule has 0 fully saturated rings. The molecule has 0 N–H and O–H groups in total. The molecule has 0 aliphatic heterocycles. The molecular weight excluding hydrogens is 320 g/mol. The van der Waals surface area contributed by atoms with E-state index in [0.29, 0.717) is 5.19 Å². The number of aliphatic imine (C=N–C) groups is 1. The molecule has 2 rings (SSSR count). The Morgan fingerprint density at radius 3 is 2.54 bits per heavy atom. The first-order chi connectivity index (χ1) is 11.2. The van der Waals surface area contributed by atoms with Gasteiger partial charge in [-0.1, -0.05) is 20.8 Å². The minimum Gasteiger partial charge on any atom is -0.430 e. The Labute approximate surface area is 148 Å².